The normalized spacial score (nSPS) is 13.2. The summed E-state index contributed by atoms with van der Waals surface area (Å²) in [4.78, 5) is 11.2. The van der Waals surface area contributed by atoms with E-state index < -0.39 is 32.4 Å². The minimum absolute atomic E-state index is 0.185. The number of alkyl halides is 2. The molecule has 0 saturated heterocycles. The molecule has 1 aromatic carbocycles. The predicted octanol–water partition coefficient (Wildman–Crippen LogP) is 2.14. The number of hydrogen-bond donors (Lipinski definition) is 2. The number of anilines is 1. The van der Waals surface area contributed by atoms with Gasteiger partial charge in [0.2, 0.25) is 15.7 Å². The second-order valence-electron chi connectivity index (χ2n) is 4.54. The van der Waals surface area contributed by atoms with Crippen LogP contribution in [0.1, 0.15) is 26.2 Å². The number of sulfone groups is 1. The molecule has 21 heavy (non-hydrogen) atoms. The largest absolute Gasteiger partial charge is 0.341 e. The first-order valence-electron chi connectivity index (χ1n) is 6.48. The van der Waals surface area contributed by atoms with Crippen LogP contribution in [0.25, 0.3) is 0 Å². The molecule has 0 bridgehead atoms. The fraction of sp³-hybridized carbons (Fsp3) is 0.462. The molecule has 0 fully saturated rings. The molecule has 1 atom stereocenters. The summed E-state index contributed by atoms with van der Waals surface area (Å²) in [6.45, 7) is 1.94. The second kappa shape index (κ2) is 7.46. The van der Waals surface area contributed by atoms with Crippen molar-refractivity contribution in [3.63, 3.8) is 0 Å². The van der Waals surface area contributed by atoms with Crippen molar-refractivity contribution in [1.29, 1.82) is 0 Å². The monoisotopic (exact) mass is 320 g/mol. The molecule has 1 amide bonds. The minimum atomic E-state index is -4.78. The Morgan fingerprint density at radius 1 is 1.33 bits per heavy atom. The quantitative estimate of drug-likeness (QED) is 0.805. The van der Waals surface area contributed by atoms with Gasteiger partial charge in [0.15, 0.2) is 0 Å². The number of amides is 1. The van der Waals surface area contributed by atoms with Crippen molar-refractivity contribution in [2.45, 2.75) is 42.9 Å². The van der Waals surface area contributed by atoms with Crippen molar-refractivity contribution < 1.29 is 22.0 Å². The van der Waals surface area contributed by atoms with Crippen LogP contribution in [0, 0.1) is 0 Å². The maximum Gasteiger partial charge on any atom is 0.341 e. The van der Waals surface area contributed by atoms with Crippen LogP contribution < -0.4 is 11.1 Å². The van der Waals surface area contributed by atoms with E-state index in [4.69, 9.17) is 5.73 Å². The van der Waals surface area contributed by atoms with E-state index in [1.54, 1.807) is 0 Å². The van der Waals surface area contributed by atoms with E-state index in [-0.39, 0.29) is 5.69 Å². The average Bonchev–Trinajstić information content (AvgIpc) is 2.44. The van der Waals surface area contributed by atoms with E-state index in [0.717, 1.165) is 18.9 Å². The van der Waals surface area contributed by atoms with Gasteiger partial charge in [-0.05, 0) is 18.6 Å². The van der Waals surface area contributed by atoms with Crippen LogP contribution in [0.3, 0.4) is 0 Å². The van der Waals surface area contributed by atoms with Crippen molar-refractivity contribution in [1.82, 2.24) is 0 Å². The van der Waals surface area contributed by atoms with E-state index in [1.165, 1.54) is 18.2 Å². The molecule has 0 aliphatic heterocycles. The molecule has 0 aromatic heterocycles. The number of carbonyl (C=O) groups is 1. The molecular weight excluding hydrogens is 302 g/mol. The Morgan fingerprint density at radius 3 is 2.52 bits per heavy atom. The van der Waals surface area contributed by atoms with Crippen LogP contribution in [0.15, 0.2) is 29.2 Å². The maximum atomic E-state index is 12.6. The van der Waals surface area contributed by atoms with Gasteiger partial charge in [-0.15, -0.1) is 0 Å². The number of halogens is 2. The van der Waals surface area contributed by atoms with Gasteiger partial charge in [-0.2, -0.15) is 8.78 Å². The Labute approximate surface area is 122 Å². The minimum Gasteiger partial charge on any atom is -0.324 e. The zero-order valence-corrected chi connectivity index (χ0v) is 12.4. The standard InChI is InChI=1S/C13H18F2N2O3S/c1-2-3-6-9(16)12(18)17-10-7-4-5-8-11(10)21(19,20)13(14)15/h4-5,7-9,13H,2-3,6,16H2,1H3,(H,17,18)/t9-/m0/s1. The van der Waals surface area contributed by atoms with Crippen LogP contribution in [0.4, 0.5) is 14.5 Å². The number of rotatable bonds is 7. The van der Waals surface area contributed by atoms with E-state index in [0.29, 0.717) is 6.42 Å². The first-order valence-corrected chi connectivity index (χ1v) is 8.02. The highest BCUT2D eigenvalue weighted by Crippen LogP contribution is 2.26. The maximum absolute atomic E-state index is 12.6. The third-order valence-electron chi connectivity index (χ3n) is 2.89. The van der Waals surface area contributed by atoms with E-state index in [1.807, 2.05) is 6.92 Å². The lowest BCUT2D eigenvalue weighted by molar-refractivity contribution is -0.117. The highest BCUT2D eigenvalue weighted by molar-refractivity contribution is 7.91. The SMILES string of the molecule is CCCC[C@H](N)C(=O)Nc1ccccc1S(=O)(=O)C(F)F. The first-order chi connectivity index (χ1) is 9.80. The van der Waals surface area contributed by atoms with Gasteiger partial charge in [-0.1, -0.05) is 31.9 Å². The van der Waals surface area contributed by atoms with Gasteiger partial charge >= 0.3 is 5.76 Å². The van der Waals surface area contributed by atoms with Crippen LogP contribution in [0.5, 0.6) is 0 Å². The topological polar surface area (TPSA) is 89.3 Å². The second-order valence-corrected chi connectivity index (χ2v) is 6.43. The molecule has 0 heterocycles. The zero-order chi connectivity index (χ0) is 16.0. The Bertz CT molecular complexity index is 591. The molecule has 0 aliphatic rings. The molecule has 0 spiro atoms. The molecule has 8 heteroatoms. The number of para-hydroxylation sites is 1. The number of unbranched alkanes of at least 4 members (excludes halogenated alkanes) is 1. The lowest BCUT2D eigenvalue weighted by atomic mass is 10.1. The van der Waals surface area contributed by atoms with E-state index in [9.17, 15) is 22.0 Å². The van der Waals surface area contributed by atoms with E-state index >= 15 is 0 Å². The molecule has 0 unspecified atom stereocenters. The van der Waals surface area contributed by atoms with Crippen molar-refractivity contribution in [3.8, 4) is 0 Å². The van der Waals surface area contributed by atoms with Gasteiger partial charge in [0.25, 0.3) is 0 Å². The van der Waals surface area contributed by atoms with Gasteiger partial charge in [-0.25, -0.2) is 8.42 Å². The fourth-order valence-corrected chi connectivity index (χ4v) is 2.58. The lowest BCUT2D eigenvalue weighted by Crippen LogP contribution is -2.35. The average molecular weight is 320 g/mol. The first kappa shape index (κ1) is 17.5. The Balaban J connectivity index is 2.98. The van der Waals surface area contributed by atoms with Crippen molar-refractivity contribution in [2.75, 3.05) is 5.32 Å². The summed E-state index contributed by atoms with van der Waals surface area (Å²) in [5, 5.41) is 2.30. The predicted molar refractivity (Wildman–Crippen MR) is 75.8 cm³/mol. The molecule has 0 aliphatic carbocycles. The summed E-state index contributed by atoms with van der Waals surface area (Å²) >= 11 is 0. The highest BCUT2D eigenvalue weighted by Gasteiger charge is 2.29. The van der Waals surface area contributed by atoms with Gasteiger partial charge in [-0.3, -0.25) is 4.79 Å². The third kappa shape index (κ3) is 4.47. The van der Waals surface area contributed by atoms with Gasteiger partial charge in [0.05, 0.1) is 16.6 Å². The fourth-order valence-electron chi connectivity index (χ4n) is 1.69. The number of nitrogens with one attached hydrogen (secondary N) is 1. The summed E-state index contributed by atoms with van der Waals surface area (Å²) < 4.78 is 48.3. The van der Waals surface area contributed by atoms with Crippen molar-refractivity contribution in [3.05, 3.63) is 24.3 Å². The molecular formula is C13H18F2N2O3S. The molecule has 5 nitrogen and oxygen atoms in total. The summed E-state index contributed by atoms with van der Waals surface area (Å²) in [5.74, 6) is -4.15. The van der Waals surface area contributed by atoms with Gasteiger partial charge in [0.1, 0.15) is 0 Å². The highest BCUT2D eigenvalue weighted by atomic mass is 32.2. The van der Waals surface area contributed by atoms with Crippen LogP contribution in [-0.4, -0.2) is 26.1 Å². The number of hydrogen-bond acceptors (Lipinski definition) is 4. The Kier molecular flexibility index (Phi) is 6.22. The number of benzene rings is 1. The van der Waals surface area contributed by atoms with Crippen LogP contribution >= 0.6 is 0 Å². The number of nitrogens with two attached hydrogens (primary N) is 1. The Morgan fingerprint density at radius 2 is 1.95 bits per heavy atom. The lowest BCUT2D eigenvalue weighted by Gasteiger charge is -2.14. The Hall–Kier alpha value is -1.54. The molecule has 3 N–H and O–H groups in total. The van der Waals surface area contributed by atoms with Crippen molar-refractivity contribution in [2.24, 2.45) is 5.73 Å². The zero-order valence-electron chi connectivity index (χ0n) is 11.6. The summed E-state index contributed by atoms with van der Waals surface area (Å²) in [6, 6.07) is 4.21. The van der Waals surface area contributed by atoms with Crippen LogP contribution in [-0.2, 0) is 14.6 Å². The molecule has 1 rings (SSSR count). The summed E-state index contributed by atoms with van der Waals surface area (Å²) in [6.07, 6.45) is 2.04. The van der Waals surface area contributed by atoms with Gasteiger partial charge < -0.3 is 11.1 Å². The van der Waals surface area contributed by atoms with Crippen LogP contribution in [0.2, 0.25) is 0 Å². The smallest absolute Gasteiger partial charge is 0.324 e. The van der Waals surface area contributed by atoms with E-state index in [2.05, 4.69) is 5.32 Å². The summed E-state index contributed by atoms with van der Waals surface area (Å²) in [5.41, 5.74) is 5.48. The number of carbonyl (C=O) groups excluding carboxylic acids is 1. The molecule has 0 saturated carbocycles. The molecule has 118 valence electrons. The summed E-state index contributed by atoms with van der Waals surface area (Å²) in [7, 11) is -4.78. The molecule has 1 aromatic rings. The molecule has 0 radical (unpaired) electrons. The van der Waals surface area contributed by atoms with Crippen molar-refractivity contribution >= 4 is 21.4 Å². The third-order valence-corrected chi connectivity index (χ3v) is 4.33. The van der Waals surface area contributed by atoms with Gasteiger partial charge in [0, 0.05) is 0 Å².